The van der Waals surface area contributed by atoms with Crippen molar-refractivity contribution in [1.82, 2.24) is 24.8 Å². The van der Waals surface area contributed by atoms with Gasteiger partial charge in [-0.1, -0.05) is 13.8 Å². The van der Waals surface area contributed by atoms with Gasteiger partial charge in [0, 0.05) is 39.4 Å². The smallest absolute Gasteiger partial charge is 0.253 e. The largest absolute Gasteiger partial charge is 0.374 e. The van der Waals surface area contributed by atoms with Crippen molar-refractivity contribution in [2.45, 2.75) is 20.0 Å². The first-order valence-electron chi connectivity index (χ1n) is 8.42. The van der Waals surface area contributed by atoms with Gasteiger partial charge in [-0.05, 0) is 12.0 Å². The highest BCUT2D eigenvalue weighted by Crippen LogP contribution is 2.11. The van der Waals surface area contributed by atoms with Crippen molar-refractivity contribution in [1.29, 1.82) is 0 Å². The van der Waals surface area contributed by atoms with E-state index in [4.69, 9.17) is 4.74 Å². The van der Waals surface area contributed by atoms with E-state index in [1.54, 1.807) is 18.6 Å². The van der Waals surface area contributed by atoms with Gasteiger partial charge in [-0.25, -0.2) is 9.97 Å². The second kappa shape index (κ2) is 7.27. The molecule has 7 heteroatoms. The Morgan fingerprint density at radius 3 is 3.08 bits per heavy atom. The average molecular weight is 331 g/mol. The molecular weight excluding hydrogens is 306 g/mol. The molecule has 1 unspecified atom stereocenters. The van der Waals surface area contributed by atoms with Gasteiger partial charge in [-0.2, -0.15) is 0 Å². The number of fused-ring (bicyclic) bond motifs is 1. The molecule has 1 aliphatic rings. The molecule has 130 valence electrons. The maximum atomic E-state index is 12.3. The van der Waals surface area contributed by atoms with E-state index < -0.39 is 0 Å². The third-order valence-electron chi connectivity index (χ3n) is 4.15. The minimum absolute atomic E-state index is 0.0352. The van der Waals surface area contributed by atoms with E-state index in [9.17, 15) is 4.79 Å². The van der Waals surface area contributed by atoms with Crippen molar-refractivity contribution in [2.75, 3.05) is 32.8 Å². The number of aryl methyl sites for hydroxylation is 1. The van der Waals surface area contributed by atoms with Crippen molar-refractivity contribution >= 4 is 17.1 Å². The molecule has 1 N–H and O–H groups in total. The molecule has 3 rings (SSSR count). The van der Waals surface area contributed by atoms with Crippen molar-refractivity contribution in [3.63, 3.8) is 0 Å². The fraction of sp³-hybridized carbons (Fsp3) is 0.588. The molecule has 1 saturated heterocycles. The van der Waals surface area contributed by atoms with E-state index >= 15 is 0 Å². The molecule has 7 nitrogen and oxygen atoms in total. The predicted molar refractivity (Wildman–Crippen MR) is 91.9 cm³/mol. The van der Waals surface area contributed by atoms with E-state index in [1.807, 2.05) is 11.6 Å². The molecule has 1 fully saturated rings. The maximum absolute atomic E-state index is 12.3. The summed E-state index contributed by atoms with van der Waals surface area (Å²) in [5.41, 5.74) is 2.02. The van der Waals surface area contributed by atoms with Crippen LogP contribution in [0.15, 0.2) is 18.6 Å². The molecule has 0 radical (unpaired) electrons. The lowest BCUT2D eigenvalue weighted by atomic mass is 10.1. The van der Waals surface area contributed by atoms with Crippen LogP contribution in [0.1, 0.15) is 24.2 Å². The Hall–Kier alpha value is -1.99. The zero-order valence-corrected chi connectivity index (χ0v) is 14.5. The molecule has 0 aromatic carbocycles. The molecular formula is C17H25N5O2. The standard InChI is InChI=1S/C17H25N5O2/c1-12(2)9-22-4-5-24-14(10-22)8-19-17(23)13-6-15-16(18-7-13)21(3)11-20-15/h6-7,11-12,14H,4-5,8-10H2,1-3H3,(H,19,23). The summed E-state index contributed by atoms with van der Waals surface area (Å²) in [6, 6.07) is 1.77. The van der Waals surface area contributed by atoms with Gasteiger partial charge < -0.3 is 14.6 Å². The number of rotatable bonds is 5. The van der Waals surface area contributed by atoms with E-state index in [0.717, 1.165) is 30.8 Å². The lowest BCUT2D eigenvalue weighted by Crippen LogP contribution is -2.48. The van der Waals surface area contributed by atoms with Crippen LogP contribution in [0.5, 0.6) is 0 Å². The summed E-state index contributed by atoms with van der Waals surface area (Å²) in [6.45, 7) is 8.54. The second-order valence-electron chi connectivity index (χ2n) is 6.78. The number of carbonyl (C=O) groups is 1. The molecule has 2 aromatic heterocycles. The summed E-state index contributed by atoms with van der Waals surface area (Å²) in [5.74, 6) is 0.495. The Balaban J connectivity index is 1.56. The normalized spacial score (nSPS) is 19.1. The Kier molecular flexibility index (Phi) is 5.11. The fourth-order valence-electron chi connectivity index (χ4n) is 3.04. The molecule has 0 bridgehead atoms. The highest BCUT2D eigenvalue weighted by Gasteiger charge is 2.21. The number of aromatic nitrogens is 3. The number of morpholine rings is 1. The number of pyridine rings is 1. The fourth-order valence-corrected chi connectivity index (χ4v) is 3.04. The third kappa shape index (κ3) is 3.91. The quantitative estimate of drug-likeness (QED) is 0.887. The topological polar surface area (TPSA) is 72.3 Å². The van der Waals surface area contributed by atoms with Crippen LogP contribution in [-0.2, 0) is 11.8 Å². The van der Waals surface area contributed by atoms with Gasteiger partial charge in [0.1, 0.15) is 5.52 Å². The summed E-state index contributed by atoms with van der Waals surface area (Å²) in [5, 5.41) is 2.95. The van der Waals surface area contributed by atoms with Crippen LogP contribution in [-0.4, -0.2) is 64.2 Å². The van der Waals surface area contributed by atoms with Gasteiger partial charge in [-0.15, -0.1) is 0 Å². The molecule has 1 atom stereocenters. The highest BCUT2D eigenvalue weighted by atomic mass is 16.5. The summed E-state index contributed by atoms with van der Waals surface area (Å²) < 4.78 is 7.59. The van der Waals surface area contributed by atoms with Gasteiger partial charge >= 0.3 is 0 Å². The molecule has 0 aliphatic carbocycles. The maximum Gasteiger partial charge on any atom is 0.253 e. The van der Waals surface area contributed by atoms with Crippen LogP contribution >= 0.6 is 0 Å². The second-order valence-corrected chi connectivity index (χ2v) is 6.78. The first kappa shape index (κ1) is 16.9. The van der Waals surface area contributed by atoms with Crippen LogP contribution in [0.25, 0.3) is 11.2 Å². The number of carbonyl (C=O) groups excluding carboxylic acids is 1. The number of nitrogens with zero attached hydrogens (tertiary/aromatic N) is 4. The summed E-state index contributed by atoms with van der Waals surface area (Å²) in [6.07, 6.45) is 3.32. The van der Waals surface area contributed by atoms with E-state index in [2.05, 4.69) is 34.0 Å². The van der Waals surface area contributed by atoms with Crippen LogP contribution in [0.3, 0.4) is 0 Å². The van der Waals surface area contributed by atoms with Gasteiger partial charge in [0.2, 0.25) is 0 Å². The lowest BCUT2D eigenvalue weighted by Gasteiger charge is -2.33. The number of ether oxygens (including phenoxy) is 1. The Morgan fingerprint density at radius 2 is 2.29 bits per heavy atom. The number of amides is 1. The number of hydrogen-bond donors (Lipinski definition) is 1. The zero-order valence-electron chi connectivity index (χ0n) is 14.5. The molecule has 1 amide bonds. The summed E-state index contributed by atoms with van der Waals surface area (Å²) in [7, 11) is 1.88. The van der Waals surface area contributed by atoms with Crippen molar-refractivity contribution in [3.05, 3.63) is 24.2 Å². The highest BCUT2D eigenvalue weighted by molar-refractivity contribution is 5.96. The minimum Gasteiger partial charge on any atom is -0.374 e. The Labute approximate surface area is 142 Å². The number of nitrogens with one attached hydrogen (secondary N) is 1. The van der Waals surface area contributed by atoms with Gasteiger partial charge in [0.05, 0.1) is 24.6 Å². The van der Waals surface area contributed by atoms with Crippen molar-refractivity contribution < 1.29 is 9.53 Å². The molecule has 3 heterocycles. The predicted octanol–water partition coefficient (Wildman–Crippen LogP) is 1.05. The summed E-state index contributed by atoms with van der Waals surface area (Å²) >= 11 is 0. The number of imidazole rings is 1. The monoisotopic (exact) mass is 331 g/mol. The minimum atomic E-state index is -0.139. The van der Waals surface area contributed by atoms with Crippen LogP contribution < -0.4 is 5.32 Å². The Bertz CT molecular complexity index is 712. The van der Waals surface area contributed by atoms with E-state index in [1.165, 1.54) is 0 Å². The van der Waals surface area contributed by atoms with Crippen LogP contribution in [0, 0.1) is 5.92 Å². The van der Waals surface area contributed by atoms with Crippen LogP contribution in [0.4, 0.5) is 0 Å². The SMILES string of the molecule is CC(C)CN1CCOC(CNC(=O)c2cnc3c(c2)ncn3C)C1. The van der Waals surface area contributed by atoms with Crippen molar-refractivity contribution in [3.8, 4) is 0 Å². The van der Waals surface area contributed by atoms with Gasteiger partial charge in [-0.3, -0.25) is 9.69 Å². The zero-order chi connectivity index (χ0) is 17.1. The van der Waals surface area contributed by atoms with Gasteiger partial charge in [0.25, 0.3) is 5.91 Å². The van der Waals surface area contributed by atoms with Crippen LogP contribution in [0.2, 0.25) is 0 Å². The van der Waals surface area contributed by atoms with Crippen molar-refractivity contribution in [2.24, 2.45) is 13.0 Å². The summed E-state index contributed by atoms with van der Waals surface area (Å²) in [4.78, 5) is 23.3. The van der Waals surface area contributed by atoms with E-state index in [0.29, 0.717) is 24.6 Å². The lowest BCUT2D eigenvalue weighted by molar-refractivity contribution is -0.0295. The average Bonchev–Trinajstić information content (AvgIpc) is 2.93. The molecule has 2 aromatic rings. The number of hydrogen-bond acceptors (Lipinski definition) is 5. The molecule has 24 heavy (non-hydrogen) atoms. The first-order valence-corrected chi connectivity index (χ1v) is 8.42. The first-order chi connectivity index (χ1) is 11.5. The molecule has 1 aliphatic heterocycles. The van der Waals surface area contributed by atoms with E-state index in [-0.39, 0.29) is 12.0 Å². The Morgan fingerprint density at radius 1 is 1.46 bits per heavy atom. The van der Waals surface area contributed by atoms with Gasteiger partial charge in [0.15, 0.2) is 5.65 Å². The molecule has 0 saturated carbocycles. The molecule has 0 spiro atoms. The third-order valence-corrected chi connectivity index (χ3v) is 4.15.